The van der Waals surface area contributed by atoms with Crippen molar-refractivity contribution in [2.45, 2.75) is 52.7 Å². The highest BCUT2D eigenvalue weighted by atomic mass is 16.6. The monoisotopic (exact) mass is 290 g/mol. The van der Waals surface area contributed by atoms with Crippen molar-refractivity contribution < 1.29 is 14.3 Å². The molecule has 0 unspecified atom stereocenters. The number of esters is 1. The van der Waals surface area contributed by atoms with Gasteiger partial charge in [-0.05, 0) is 53.2 Å². The number of ether oxygens (including phenoxy) is 2. The summed E-state index contributed by atoms with van der Waals surface area (Å²) in [4.78, 5) is 12.3. The fourth-order valence-corrected chi connectivity index (χ4v) is 1.55. The van der Waals surface area contributed by atoms with Gasteiger partial charge < -0.3 is 9.47 Å². The van der Waals surface area contributed by atoms with Gasteiger partial charge in [-0.1, -0.05) is 30.3 Å². The molecule has 0 fully saturated rings. The molecule has 0 atom stereocenters. The minimum Gasteiger partial charge on any atom is -0.457 e. The van der Waals surface area contributed by atoms with Crippen molar-refractivity contribution in [1.29, 1.82) is 0 Å². The highest BCUT2D eigenvalue weighted by Crippen LogP contribution is 2.17. The molecule has 0 bridgehead atoms. The van der Waals surface area contributed by atoms with E-state index < -0.39 is 5.60 Å². The summed E-state index contributed by atoms with van der Waals surface area (Å²) in [6, 6.07) is 9.70. The van der Waals surface area contributed by atoms with Gasteiger partial charge in [-0.15, -0.1) is 0 Å². The van der Waals surface area contributed by atoms with E-state index in [0.29, 0.717) is 5.57 Å². The first kappa shape index (κ1) is 17.4. The smallest absolute Gasteiger partial charge is 0.336 e. The van der Waals surface area contributed by atoms with E-state index in [-0.39, 0.29) is 18.2 Å². The highest BCUT2D eigenvalue weighted by Gasteiger charge is 2.21. The fourth-order valence-electron chi connectivity index (χ4n) is 1.55. The molecule has 0 radical (unpaired) electrons. The minimum atomic E-state index is -0.519. The number of carbonyl (C=O) groups is 1. The Bertz CT molecular complexity index is 487. The van der Waals surface area contributed by atoms with E-state index in [4.69, 9.17) is 9.47 Å². The lowest BCUT2D eigenvalue weighted by molar-refractivity contribution is -0.150. The molecule has 0 heterocycles. The second-order valence-electron chi connectivity index (χ2n) is 6.98. The quantitative estimate of drug-likeness (QED) is 0.615. The first-order valence-electron chi connectivity index (χ1n) is 7.20. The van der Waals surface area contributed by atoms with Gasteiger partial charge in [-0.3, -0.25) is 0 Å². The van der Waals surface area contributed by atoms with E-state index in [1.54, 1.807) is 0 Å². The average Bonchev–Trinajstić information content (AvgIpc) is 2.32. The lowest BCUT2D eigenvalue weighted by Gasteiger charge is -2.23. The largest absolute Gasteiger partial charge is 0.457 e. The Morgan fingerprint density at radius 2 is 1.57 bits per heavy atom. The molecule has 3 heteroatoms. The zero-order valence-corrected chi connectivity index (χ0v) is 13.9. The Morgan fingerprint density at radius 3 is 2.05 bits per heavy atom. The van der Waals surface area contributed by atoms with E-state index in [1.165, 1.54) is 0 Å². The van der Waals surface area contributed by atoms with Crippen LogP contribution in [0.3, 0.4) is 0 Å². The summed E-state index contributed by atoms with van der Waals surface area (Å²) in [6.45, 7) is 11.7. The molecule has 0 aromatic heterocycles. The van der Waals surface area contributed by atoms with Gasteiger partial charge in [-0.25, -0.2) is 4.79 Å². The van der Waals surface area contributed by atoms with E-state index in [9.17, 15) is 4.79 Å². The summed E-state index contributed by atoms with van der Waals surface area (Å²) < 4.78 is 11.2. The lowest BCUT2D eigenvalue weighted by Crippen LogP contribution is -2.28. The van der Waals surface area contributed by atoms with Crippen LogP contribution in [0.5, 0.6) is 0 Å². The molecule has 0 saturated heterocycles. The maximum atomic E-state index is 12.3. The summed E-state index contributed by atoms with van der Waals surface area (Å²) in [7, 11) is 0. The van der Waals surface area contributed by atoms with Crippen molar-refractivity contribution in [2.75, 3.05) is 6.61 Å². The maximum absolute atomic E-state index is 12.3. The minimum absolute atomic E-state index is 0.229. The number of hydrogen-bond donors (Lipinski definition) is 0. The Hall–Kier alpha value is -1.61. The third-order valence-corrected chi connectivity index (χ3v) is 2.46. The van der Waals surface area contributed by atoms with Crippen LogP contribution in [0.2, 0.25) is 0 Å². The molecule has 0 aliphatic carbocycles. The van der Waals surface area contributed by atoms with Crippen molar-refractivity contribution in [3.63, 3.8) is 0 Å². The molecular weight excluding hydrogens is 264 g/mol. The maximum Gasteiger partial charge on any atom is 0.336 e. The average molecular weight is 290 g/mol. The number of rotatable bonds is 4. The fraction of sp³-hybridized carbons (Fsp3) is 0.500. The second-order valence-corrected chi connectivity index (χ2v) is 6.98. The topological polar surface area (TPSA) is 35.5 Å². The molecule has 1 aromatic carbocycles. The summed E-state index contributed by atoms with van der Waals surface area (Å²) in [5, 5.41) is 0. The Kier molecular flexibility index (Phi) is 5.73. The molecule has 1 rings (SSSR count). The number of carbonyl (C=O) groups excluding carboxylic acids is 1. The van der Waals surface area contributed by atoms with Crippen LogP contribution < -0.4 is 0 Å². The van der Waals surface area contributed by atoms with Crippen LogP contribution in [0, 0.1) is 0 Å². The number of hydrogen-bond acceptors (Lipinski definition) is 3. The summed E-state index contributed by atoms with van der Waals surface area (Å²) in [6.07, 6.45) is 1.82. The normalized spacial score (nSPS) is 13.1. The summed E-state index contributed by atoms with van der Waals surface area (Å²) in [5.74, 6) is -0.337. The molecule has 21 heavy (non-hydrogen) atoms. The van der Waals surface area contributed by atoms with E-state index in [2.05, 4.69) is 0 Å². The van der Waals surface area contributed by atoms with Crippen molar-refractivity contribution in [1.82, 2.24) is 0 Å². The van der Waals surface area contributed by atoms with Gasteiger partial charge in [-0.2, -0.15) is 0 Å². The van der Waals surface area contributed by atoms with Crippen LogP contribution in [-0.2, 0) is 14.3 Å². The lowest BCUT2D eigenvalue weighted by atomic mass is 10.1. The van der Waals surface area contributed by atoms with Crippen LogP contribution >= 0.6 is 0 Å². The van der Waals surface area contributed by atoms with Crippen molar-refractivity contribution in [2.24, 2.45) is 0 Å². The summed E-state index contributed by atoms with van der Waals surface area (Å²) >= 11 is 0. The molecule has 0 N–H and O–H groups in total. The molecule has 116 valence electrons. The predicted molar refractivity (Wildman–Crippen MR) is 86.0 cm³/mol. The first-order chi connectivity index (χ1) is 9.57. The first-order valence-corrected chi connectivity index (χ1v) is 7.20. The van der Waals surface area contributed by atoms with Crippen LogP contribution in [0.15, 0.2) is 35.9 Å². The second kappa shape index (κ2) is 6.90. The van der Waals surface area contributed by atoms with Crippen molar-refractivity contribution in [3.8, 4) is 0 Å². The zero-order chi connectivity index (χ0) is 16.1. The van der Waals surface area contributed by atoms with Gasteiger partial charge in [0.2, 0.25) is 0 Å². The van der Waals surface area contributed by atoms with Crippen LogP contribution in [0.4, 0.5) is 0 Å². The van der Waals surface area contributed by atoms with Gasteiger partial charge in [0.1, 0.15) is 5.60 Å². The molecule has 0 spiro atoms. The molecule has 1 aromatic rings. The van der Waals surface area contributed by atoms with Crippen molar-refractivity contribution in [3.05, 3.63) is 41.5 Å². The summed E-state index contributed by atoms with van der Waals surface area (Å²) in [5.41, 5.74) is 0.647. The molecule has 0 saturated carbocycles. The van der Waals surface area contributed by atoms with E-state index >= 15 is 0 Å². The van der Waals surface area contributed by atoms with Crippen molar-refractivity contribution >= 4 is 12.0 Å². The van der Waals surface area contributed by atoms with Gasteiger partial charge in [0.05, 0.1) is 17.8 Å². The highest BCUT2D eigenvalue weighted by molar-refractivity contribution is 5.94. The third-order valence-electron chi connectivity index (χ3n) is 2.46. The molecule has 3 nitrogen and oxygen atoms in total. The van der Waals surface area contributed by atoms with E-state index in [0.717, 1.165) is 5.56 Å². The molecule has 0 aliphatic rings. The van der Waals surface area contributed by atoms with Gasteiger partial charge in [0, 0.05) is 0 Å². The Balaban J connectivity index is 2.94. The van der Waals surface area contributed by atoms with Gasteiger partial charge >= 0.3 is 5.97 Å². The molecule has 0 amide bonds. The third kappa shape index (κ3) is 7.66. The van der Waals surface area contributed by atoms with Gasteiger partial charge in [0.25, 0.3) is 0 Å². The molecule has 0 aliphatic heterocycles. The standard InChI is InChI=1S/C18H26O3/c1-17(2,3)20-13-15(16(19)21-18(4,5)6)12-14-10-8-7-9-11-14/h7-12H,13H2,1-6H3. The van der Waals surface area contributed by atoms with Crippen LogP contribution in [0.25, 0.3) is 6.08 Å². The van der Waals surface area contributed by atoms with Crippen LogP contribution in [0.1, 0.15) is 47.1 Å². The van der Waals surface area contributed by atoms with Crippen LogP contribution in [-0.4, -0.2) is 23.8 Å². The Morgan fingerprint density at radius 1 is 1.00 bits per heavy atom. The Labute approximate surface area is 128 Å². The molecular formula is C18H26O3. The van der Waals surface area contributed by atoms with Gasteiger partial charge in [0.15, 0.2) is 0 Å². The SMILES string of the molecule is CC(C)(C)OCC(=Cc1ccccc1)C(=O)OC(C)(C)C. The number of benzene rings is 1. The van der Waals surface area contributed by atoms with E-state index in [1.807, 2.05) is 78.0 Å². The predicted octanol–water partition coefficient (Wildman–Crippen LogP) is 4.23. The zero-order valence-electron chi connectivity index (χ0n) is 13.9.